The highest BCUT2D eigenvalue weighted by Crippen LogP contribution is 2.18. The predicted octanol–water partition coefficient (Wildman–Crippen LogP) is 0.737. The zero-order valence-electron chi connectivity index (χ0n) is 10.3. The molecule has 0 saturated carbocycles. The summed E-state index contributed by atoms with van der Waals surface area (Å²) in [5, 5.41) is 0. The van der Waals surface area contributed by atoms with Gasteiger partial charge in [0.05, 0.1) is 32.5 Å². The lowest BCUT2D eigenvalue weighted by Crippen LogP contribution is -2.32. The van der Waals surface area contributed by atoms with Gasteiger partial charge in [0.15, 0.2) is 5.65 Å². The van der Waals surface area contributed by atoms with Gasteiger partial charge in [0.2, 0.25) is 5.95 Å². The molecule has 2 aromatic rings. The van der Waals surface area contributed by atoms with Gasteiger partial charge in [-0.05, 0) is 19.1 Å². The van der Waals surface area contributed by atoms with Crippen LogP contribution in [-0.4, -0.2) is 40.5 Å². The molecule has 1 atom stereocenters. The van der Waals surface area contributed by atoms with Crippen LogP contribution in [0.5, 0.6) is 0 Å². The minimum absolute atomic E-state index is 0.0146. The summed E-state index contributed by atoms with van der Waals surface area (Å²) in [5.74, 6) is 0.470. The Kier molecular flexibility index (Phi) is 2.89. The van der Waals surface area contributed by atoms with Crippen molar-refractivity contribution in [1.82, 2.24) is 14.5 Å². The minimum Gasteiger partial charge on any atom is -0.376 e. The molecular formula is C12H16N4O2. The normalized spacial score (nSPS) is 20.4. The van der Waals surface area contributed by atoms with Gasteiger partial charge in [0, 0.05) is 5.69 Å². The van der Waals surface area contributed by atoms with E-state index in [-0.39, 0.29) is 6.10 Å². The number of hydrogen-bond donors (Lipinski definition) is 1. The number of nitrogen functional groups attached to an aromatic ring is 1. The van der Waals surface area contributed by atoms with E-state index < -0.39 is 0 Å². The van der Waals surface area contributed by atoms with Crippen molar-refractivity contribution in [2.75, 3.05) is 25.6 Å². The van der Waals surface area contributed by atoms with Gasteiger partial charge in [0.1, 0.15) is 5.52 Å². The van der Waals surface area contributed by atoms with Gasteiger partial charge >= 0.3 is 0 Å². The Hall–Kier alpha value is -1.66. The van der Waals surface area contributed by atoms with E-state index in [1.54, 1.807) is 0 Å². The Morgan fingerprint density at radius 1 is 1.39 bits per heavy atom. The van der Waals surface area contributed by atoms with Crippen LogP contribution in [0.2, 0.25) is 0 Å². The lowest BCUT2D eigenvalue weighted by Gasteiger charge is -2.23. The Morgan fingerprint density at radius 3 is 3.06 bits per heavy atom. The van der Waals surface area contributed by atoms with Crippen LogP contribution in [-0.2, 0) is 16.0 Å². The van der Waals surface area contributed by atoms with Gasteiger partial charge in [-0.3, -0.25) is 4.57 Å². The third-order valence-electron chi connectivity index (χ3n) is 3.03. The molecule has 0 aliphatic carbocycles. The largest absolute Gasteiger partial charge is 0.376 e. The topological polar surface area (TPSA) is 75.2 Å². The molecular weight excluding hydrogens is 232 g/mol. The van der Waals surface area contributed by atoms with E-state index in [2.05, 4.69) is 9.97 Å². The van der Waals surface area contributed by atoms with E-state index in [0.717, 1.165) is 16.9 Å². The molecule has 18 heavy (non-hydrogen) atoms. The molecule has 6 heteroatoms. The number of pyridine rings is 1. The SMILES string of the molecule is Cc1ccc2nc(N)n(CC3COCCO3)c2n1. The first-order valence-corrected chi connectivity index (χ1v) is 6.03. The summed E-state index contributed by atoms with van der Waals surface area (Å²) in [6.07, 6.45) is 0.0146. The number of aryl methyl sites for hydroxylation is 1. The van der Waals surface area contributed by atoms with E-state index in [9.17, 15) is 0 Å². The highest BCUT2D eigenvalue weighted by Gasteiger charge is 2.18. The number of fused-ring (bicyclic) bond motifs is 1. The Balaban J connectivity index is 1.94. The summed E-state index contributed by atoms with van der Waals surface area (Å²) in [5.41, 5.74) is 8.51. The van der Waals surface area contributed by atoms with Crippen molar-refractivity contribution in [3.05, 3.63) is 17.8 Å². The number of nitrogens with zero attached hydrogens (tertiary/aromatic N) is 3. The number of rotatable bonds is 2. The summed E-state index contributed by atoms with van der Waals surface area (Å²) < 4.78 is 12.9. The standard InChI is InChI=1S/C12H16N4O2/c1-8-2-3-10-11(14-8)16(12(13)15-10)6-9-7-17-4-5-18-9/h2-3,9H,4-7H2,1H3,(H2,13,15). The van der Waals surface area contributed by atoms with Gasteiger partial charge < -0.3 is 15.2 Å². The average Bonchev–Trinajstić information content (AvgIpc) is 2.67. The third-order valence-corrected chi connectivity index (χ3v) is 3.03. The average molecular weight is 248 g/mol. The van der Waals surface area contributed by atoms with Gasteiger partial charge in [0.25, 0.3) is 0 Å². The zero-order valence-corrected chi connectivity index (χ0v) is 10.3. The summed E-state index contributed by atoms with van der Waals surface area (Å²) in [4.78, 5) is 8.79. The van der Waals surface area contributed by atoms with Gasteiger partial charge in [-0.1, -0.05) is 0 Å². The van der Waals surface area contributed by atoms with Crippen LogP contribution in [0.25, 0.3) is 11.2 Å². The van der Waals surface area contributed by atoms with Crippen molar-refractivity contribution in [3.8, 4) is 0 Å². The molecule has 96 valence electrons. The molecule has 3 heterocycles. The lowest BCUT2D eigenvalue weighted by atomic mass is 10.3. The van der Waals surface area contributed by atoms with Gasteiger partial charge in [-0.2, -0.15) is 0 Å². The number of imidazole rings is 1. The van der Waals surface area contributed by atoms with Gasteiger partial charge in [-0.15, -0.1) is 0 Å². The van der Waals surface area contributed by atoms with Crippen molar-refractivity contribution < 1.29 is 9.47 Å². The number of hydrogen-bond acceptors (Lipinski definition) is 5. The van der Waals surface area contributed by atoms with Crippen LogP contribution in [0.4, 0.5) is 5.95 Å². The first kappa shape index (κ1) is 11.4. The summed E-state index contributed by atoms with van der Waals surface area (Å²) in [6.45, 7) is 4.45. The fourth-order valence-corrected chi connectivity index (χ4v) is 2.14. The molecule has 3 rings (SSSR count). The van der Waals surface area contributed by atoms with E-state index in [0.29, 0.717) is 32.3 Å². The molecule has 1 aliphatic rings. The minimum atomic E-state index is 0.0146. The van der Waals surface area contributed by atoms with Crippen LogP contribution < -0.4 is 5.73 Å². The molecule has 0 bridgehead atoms. The molecule has 1 unspecified atom stereocenters. The van der Waals surface area contributed by atoms with Crippen molar-refractivity contribution in [2.45, 2.75) is 19.6 Å². The first-order chi connectivity index (χ1) is 8.74. The molecule has 0 aromatic carbocycles. The molecule has 1 fully saturated rings. The first-order valence-electron chi connectivity index (χ1n) is 6.03. The molecule has 0 amide bonds. The zero-order chi connectivity index (χ0) is 12.5. The van der Waals surface area contributed by atoms with E-state index in [1.165, 1.54) is 0 Å². The maximum atomic E-state index is 5.94. The Labute approximate surface area is 105 Å². The molecule has 0 spiro atoms. The van der Waals surface area contributed by atoms with Crippen molar-refractivity contribution in [3.63, 3.8) is 0 Å². The number of nitrogens with two attached hydrogens (primary N) is 1. The molecule has 1 aliphatic heterocycles. The number of aromatic nitrogens is 3. The number of anilines is 1. The number of ether oxygens (including phenoxy) is 2. The predicted molar refractivity (Wildman–Crippen MR) is 67.2 cm³/mol. The summed E-state index contributed by atoms with van der Waals surface area (Å²) in [6, 6.07) is 3.86. The molecule has 0 radical (unpaired) electrons. The fourth-order valence-electron chi connectivity index (χ4n) is 2.14. The van der Waals surface area contributed by atoms with E-state index in [1.807, 2.05) is 23.6 Å². The maximum absolute atomic E-state index is 5.94. The highest BCUT2D eigenvalue weighted by molar-refractivity contribution is 5.74. The molecule has 6 nitrogen and oxygen atoms in total. The fraction of sp³-hybridized carbons (Fsp3) is 0.500. The van der Waals surface area contributed by atoms with Crippen LogP contribution in [0.1, 0.15) is 5.69 Å². The highest BCUT2D eigenvalue weighted by atomic mass is 16.6. The van der Waals surface area contributed by atoms with E-state index >= 15 is 0 Å². The molecule has 1 saturated heterocycles. The van der Waals surface area contributed by atoms with Crippen molar-refractivity contribution in [2.24, 2.45) is 0 Å². The maximum Gasteiger partial charge on any atom is 0.202 e. The second-order valence-corrected chi connectivity index (χ2v) is 4.44. The molecule has 2 N–H and O–H groups in total. The van der Waals surface area contributed by atoms with Crippen LogP contribution in [0, 0.1) is 6.92 Å². The second kappa shape index (κ2) is 4.55. The lowest BCUT2D eigenvalue weighted by molar-refractivity contribution is -0.0931. The second-order valence-electron chi connectivity index (χ2n) is 4.44. The van der Waals surface area contributed by atoms with Crippen LogP contribution in [0.3, 0.4) is 0 Å². The third kappa shape index (κ3) is 2.04. The Bertz CT molecular complexity index is 560. The summed E-state index contributed by atoms with van der Waals surface area (Å²) >= 11 is 0. The van der Waals surface area contributed by atoms with Crippen LogP contribution in [0.15, 0.2) is 12.1 Å². The molecule has 2 aromatic heterocycles. The van der Waals surface area contributed by atoms with Crippen molar-refractivity contribution >= 4 is 17.1 Å². The summed E-state index contributed by atoms with van der Waals surface area (Å²) in [7, 11) is 0. The van der Waals surface area contributed by atoms with Gasteiger partial charge in [-0.25, -0.2) is 9.97 Å². The Morgan fingerprint density at radius 2 is 2.28 bits per heavy atom. The smallest absolute Gasteiger partial charge is 0.202 e. The quantitative estimate of drug-likeness (QED) is 0.848. The monoisotopic (exact) mass is 248 g/mol. The van der Waals surface area contributed by atoms with Crippen LogP contribution >= 0.6 is 0 Å². The van der Waals surface area contributed by atoms with E-state index in [4.69, 9.17) is 15.2 Å². The van der Waals surface area contributed by atoms with Crippen molar-refractivity contribution in [1.29, 1.82) is 0 Å².